The molecule has 0 aliphatic heterocycles. The summed E-state index contributed by atoms with van der Waals surface area (Å²) in [6.45, 7) is 3.69. The molecule has 0 radical (unpaired) electrons. The van der Waals surface area contributed by atoms with Crippen molar-refractivity contribution in [1.82, 2.24) is 0 Å². The van der Waals surface area contributed by atoms with Gasteiger partial charge in [0.1, 0.15) is 5.75 Å². The Balaban J connectivity index is 2.95. The van der Waals surface area contributed by atoms with E-state index in [-0.39, 0.29) is 11.7 Å². The summed E-state index contributed by atoms with van der Waals surface area (Å²) in [5, 5.41) is 0. The number of nitrogen functional groups attached to an aromatic ring is 1. The number of nitrogens with two attached hydrogens (primary N) is 1. The van der Waals surface area contributed by atoms with E-state index in [1.807, 2.05) is 13.8 Å². The van der Waals surface area contributed by atoms with Crippen molar-refractivity contribution in [2.24, 2.45) is 5.92 Å². The Morgan fingerprint density at radius 2 is 2.06 bits per heavy atom. The van der Waals surface area contributed by atoms with Gasteiger partial charge in [0.25, 0.3) is 0 Å². The highest BCUT2D eigenvalue weighted by Gasteiger charge is 2.15. The monoisotopic (exact) mass is 258 g/mol. The van der Waals surface area contributed by atoms with Crippen LogP contribution in [0.1, 0.15) is 13.8 Å². The van der Waals surface area contributed by atoms with Crippen LogP contribution in [0.25, 0.3) is 0 Å². The van der Waals surface area contributed by atoms with E-state index in [0.717, 1.165) is 0 Å². The molecule has 0 saturated heterocycles. The van der Waals surface area contributed by atoms with Crippen LogP contribution in [0.4, 0.5) is 11.4 Å². The molecule has 1 aromatic rings. The molecule has 1 aromatic carbocycles. The summed E-state index contributed by atoms with van der Waals surface area (Å²) >= 11 is 0. The Labute approximate surface area is 102 Å². The van der Waals surface area contributed by atoms with Crippen molar-refractivity contribution in [2.45, 2.75) is 13.8 Å². The smallest absolute Gasteiger partial charge is 0.233 e. The number of anilines is 2. The van der Waals surface area contributed by atoms with Gasteiger partial charge in [0.05, 0.1) is 18.6 Å². The normalized spacial score (nSPS) is 11.5. The number of benzene rings is 1. The molecular formula is C11H18N2O3S. The maximum Gasteiger partial charge on any atom is 0.233 e. The summed E-state index contributed by atoms with van der Waals surface area (Å²) in [4.78, 5) is 0. The van der Waals surface area contributed by atoms with Crippen LogP contribution in [0.2, 0.25) is 0 Å². The van der Waals surface area contributed by atoms with Crippen molar-refractivity contribution < 1.29 is 13.2 Å². The van der Waals surface area contributed by atoms with Crippen molar-refractivity contribution in [3.8, 4) is 5.75 Å². The zero-order chi connectivity index (χ0) is 13.1. The van der Waals surface area contributed by atoms with Crippen LogP contribution < -0.4 is 15.2 Å². The van der Waals surface area contributed by atoms with Gasteiger partial charge in [0.15, 0.2) is 0 Å². The van der Waals surface area contributed by atoms with Crippen LogP contribution in [0.3, 0.4) is 0 Å². The number of ether oxygens (including phenoxy) is 1. The van der Waals surface area contributed by atoms with E-state index in [9.17, 15) is 8.42 Å². The Morgan fingerprint density at radius 3 is 2.59 bits per heavy atom. The van der Waals surface area contributed by atoms with E-state index in [4.69, 9.17) is 10.5 Å². The standard InChI is InChI=1S/C11H18N2O3S/c1-8(2)7-17(14,15)13-10-5-4-9(12)6-11(10)16-3/h4-6,8,13H,7,12H2,1-3H3. The molecule has 0 fully saturated rings. The first-order chi connectivity index (χ1) is 7.84. The Bertz CT molecular complexity index is 483. The third-order valence-corrected chi connectivity index (χ3v) is 3.68. The minimum atomic E-state index is -3.35. The van der Waals surface area contributed by atoms with E-state index in [2.05, 4.69) is 4.72 Å². The summed E-state index contributed by atoms with van der Waals surface area (Å²) in [7, 11) is -1.88. The van der Waals surface area contributed by atoms with Gasteiger partial charge in [0.2, 0.25) is 10.0 Å². The first-order valence-corrected chi connectivity index (χ1v) is 6.93. The SMILES string of the molecule is COc1cc(N)ccc1NS(=O)(=O)CC(C)C. The van der Waals surface area contributed by atoms with Crippen LogP contribution in [0, 0.1) is 5.92 Å². The molecule has 0 atom stereocenters. The number of hydrogen-bond acceptors (Lipinski definition) is 4. The van der Waals surface area contributed by atoms with Crippen molar-refractivity contribution in [2.75, 3.05) is 23.3 Å². The minimum Gasteiger partial charge on any atom is -0.494 e. The van der Waals surface area contributed by atoms with Crippen molar-refractivity contribution in [3.05, 3.63) is 18.2 Å². The molecule has 0 aromatic heterocycles. The third-order valence-electron chi connectivity index (χ3n) is 2.04. The predicted octanol–water partition coefficient (Wildman–Crippen LogP) is 1.68. The molecule has 0 aliphatic carbocycles. The lowest BCUT2D eigenvalue weighted by molar-refractivity contribution is 0.417. The van der Waals surface area contributed by atoms with Crippen LogP contribution >= 0.6 is 0 Å². The largest absolute Gasteiger partial charge is 0.494 e. The van der Waals surface area contributed by atoms with E-state index in [1.54, 1.807) is 18.2 Å². The first-order valence-electron chi connectivity index (χ1n) is 5.28. The van der Waals surface area contributed by atoms with Gasteiger partial charge in [0, 0.05) is 11.8 Å². The quantitative estimate of drug-likeness (QED) is 0.787. The van der Waals surface area contributed by atoms with Crippen LogP contribution in [-0.2, 0) is 10.0 Å². The van der Waals surface area contributed by atoms with Gasteiger partial charge in [-0.05, 0) is 18.1 Å². The highest BCUT2D eigenvalue weighted by atomic mass is 32.2. The molecule has 0 unspecified atom stereocenters. The lowest BCUT2D eigenvalue weighted by Crippen LogP contribution is -2.20. The van der Waals surface area contributed by atoms with Gasteiger partial charge in [-0.15, -0.1) is 0 Å². The molecular weight excluding hydrogens is 240 g/mol. The minimum absolute atomic E-state index is 0.0623. The molecule has 0 bridgehead atoms. The fourth-order valence-corrected chi connectivity index (χ4v) is 2.90. The van der Waals surface area contributed by atoms with Crippen molar-refractivity contribution in [1.29, 1.82) is 0 Å². The van der Waals surface area contributed by atoms with E-state index >= 15 is 0 Å². The van der Waals surface area contributed by atoms with Crippen LogP contribution in [0.15, 0.2) is 18.2 Å². The second-order valence-electron chi connectivity index (χ2n) is 4.24. The number of rotatable bonds is 5. The molecule has 6 heteroatoms. The zero-order valence-electron chi connectivity index (χ0n) is 10.2. The summed E-state index contributed by atoms with van der Waals surface area (Å²) in [6, 6.07) is 4.79. The molecule has 96 valence electrons. The number of nitrogens with one attached hydrogen (secondary N) is 1. The van der Waals surface area contributed by atoms with Gasteiger partial charge in [-0.3, -0.25) is 4.72 Å². The number of hydrogen-bond donors (Lipinski definition) is 2. The molecule has 0 spiro atoms. The first kappa shape index (κ1) is 13.6. The lowest BCUT2D eigenvalue weighted by Gasteiger charge is -2.13. The van der Waals surface area contributed by atoms with E-state index in [1.165, 1.54) is 7.11 Å². The second-order valence-corrected chi connectivity index (χ2v) is 6.00. The topological polar surface area (TPSA) is 81.4 Å². The summed E-state index contributed by atoms with van der Waals surface area (Å²) < 4.78 is 31.1. The molecule has 17 heavy (non-hydrogen) atoms. The van der Waals surface area contributed by atoms with E-state index < -0.39 is 10.0 Å². The summed E-state index contributed by atoms with van der Waals surface area (Å²) in [5.74, 6) is 0.546. The maximum atomic E-state index is 11.8. The van der Waals surface area contributed by atoms with Gasteiger partial charge < -0.3 is 10.5 Å². The number of methoxy groups -OCH3 is 1. The van der Waals surface area contributed by atoms with Gasteiger partial charge in [-0.1, -0.05) is 13.8 Å². The lowest BCUT2D eigenvalue weighted by atomic mass is 10.2. The van der Waals surface area contributed by atoms with Crippen molar-refractivity contribution >= 4 is 21.4 Å². The zero-order valence-corrected chi connectivity index (χ0v) is 11.0. The molecule has 0 amide bonds. The van der Waals surface area contributed by atoms with Crippen LogP contribution in [-0.4, -0.2) is 21.3 Å². The Hall–Kier alpha value is -1.43. The van der Waals surface area contributed by atoms with Gasteiger partial charge >= 0.3 is 0 Å². The predicted molar refractivity (Wildman–Crippen MR) is 69.7 cm³/mol. The highest BCUT2D eigenvalue weighted by Crippen LogP contribution is 2.27. The average molecular weight is 258 g/mol. The molecule has 1 rings (SSSR count). The molecule has 3 N–H and O–H groups in total. The van der Waals surface area contributed by atoms with Gasteiger partial charge in [-0.25, -0.2) is 8.42 Å². The Morgan fingerprint density at radius 1 is 1.41 bits per heavy atom. The maximum absolute atomic E-state index is 11.8. The second kappa shape index (κ2) is 5.27. The fraction of sp³-hybridized carbons (Fsp3) is 0.455. The molecule has 0 aliphatic rings. The molecule has 0 heterocycles. The van der Waals surface area contributed by atoms with Crippen LogP contribution in [0.5, 0.6) is 5.75 Å². The highest BCUT2D eigenvalue weighted by molar-refractivity contribution is 7.92. The van der Waals surface area contributed by atoms with Crippen molar-refractivity contribution in [3.63, 3.8) is 0 Å². The van der Waals surface area contributed by atoms with Gasteiger partial charge in [-0.2, -0.15) is 0 Å². The summed E-state index contributed by atoms with van der Waals surface area (Å²) in [5.41, 5.74) is 6.52. The molecule has 5 nitrogen and oxygen atoms in total. The summed E-state index contributed by atoms with van der Waals surface area (Å²) in [6.07, 6.45) is 0. The molecule has 0 saturated carbocycles. The third kappa shape index (κ3) is 4.14. The van der Waals surface area contributed by atoms with E-state index in [0.29, 0.717) is 17.1 Å². The number of sulfonamides is 1. The average Bonchev–Trinajstić information content (AvgIpc) is 2.18. The fourth-order valence-electron chi connectivity index (χ4n) is 1.44. The Kier molecular flexibility index (Phi) is 4.22.